The fourth-order valence-electron chi connectivity index (χ4n) is 2.46. The van der Waals surface area contributed by atoms with E-state index < -0.39 is 0 Å². The monoisotopic (exact) mass is 306 g/mol. The van der Waals surface area contributed by atoms with Gasteiger partial charge in [-0.2, -0.15) is 0 Å². The van der Waals surface area contributed by atoms with Gasteiger partial charge in [-0.25, -0.2) is 4.98 Å². The zero-order valence-corrected chi connectivity index (χ0v) is 12.6. The summed E-state index contributed by atoms with van der Waals surface area (Å²) in [7, 11) is 0. The molecule has 1 aromatic heterocycles. The van der Waals surface area contributed by atoms with Crippen LogP contribution in [-0.4, -0.2) is 47.7 Å². The lowest BCUT2D eigenvalue weighted by molar-refractivity contribution is 0.0384. The molecule has 0 aliphatic carbocycles. The van der Waals surface area contributed by atoms with Crippen LogP contribution in [0.3, 0.4) is 0 Å². The maximum atomic E-state index is 6.14. The smallest absolute Gasteiger partial charge is 0.127 e. The predicted octanol–water partition coefficient (Wildman–Crippen LogP) is 2.68. The molecule has 2 heterocycles. The van der Waals surface area contributed by atoms with Crippen molar-refractivity contribution in [2.75, 3.05) is 38.2 Å². The molecule has 0 bridgehead atoms. The Morgan fingerprint density at radius 1 is 1.33 bits per heavy atom. The SMILES string of the molecule is Clc1ccc(Nc2cnc[nH]2)c(CCN2CCOCC2)c1. The minimum absolute atomic E-state index is 0.766. The van der Waals surface area contributed by atoms with Gasteiger partial charge in [0.05, 0.1) is 25.7 Å². The largest absolute Gasteiger partial charge is 0.379 e. The number of aromatic amines is 1. The molecule has 112 valence electrons. The Kier molecular flexibility index (Phi) is 4.75. The lowest BCUT2D eigenvalue weighted by atomic mass is 10.1. The van der Waals surface area contributed by atoms with E-state index in [9.17, 15) is 0 Å². The van der Waals surface area contributed by atoms with Crippen LogP contribution in [-0.2, 0) is 11.2 Å². The van der Waals surface area contributed by atoms with Crippen molar-refractivity contribution in [2.45, 2.75) is 6.42 Å². The summed E-state index contributed by atoms with van der Waals surface area (Å²) in [5.74, 6) is 0.880. The van der Waals surface area contributed by atoms with E-state index in [2.05, 4.69) is 20.2 Å². The Hall–Kier alpha value is -1.56. The molecule has 1 aromatic carbocycles. The second-order valence-electron chi connectivity index (χ2n) is 5.10. The van der Waals surface area contributed by atoms with Gasteiger partial charge in [0.15, 0.2) is 0 Å². The van der Waals surface area contributed by atoms with Gasteiger partial charge in [0.25, 0.3) is 0 Å². The van der Waals surface area contributed by atoms with Crippen molar-refractivity contribution in [1.29, 1.82) is 0 Å². The van der Waals surface area contributed by atoms with E-state index in [4.69, 9.17) is 16.3 Å². The number of nitrogens with zero attached hydrogens (tertiary/aromatic N) is 2. The quantitative estimate of drug-likeness (QED) is 0.892. The standard InChI is InChI=1S/C15H19ClN4O/c16-13-1-2-14(19-15-10-17-11-18-15)12(9-13)3-4-20-5-7-21-8-6-20/h1-2,9-11,19H,3-8H2,(H,17,18). The van der Waals surface area contributed by atoms with Gasteiger partial charge < -0.3 is 15.0 Å². The predicted molar refractivity (Wildman–Crippen MR) is 84.3 cm³/mol. The Labute approximate surface area is 129 Å². The second-order valence-corrected chi connectivity index (χ2v) is 5.53. The zero-order valence-electron chi connectivity index (χ0n) is 11.8. The second kappa shape index (κ2) is 6.93. The molecule has 2 aromatic rings. The Morgan fingerprint density at radius 3 is 2.95 bits per heavy atom. The van der Waals surface area contributed by atoms with Crippen LogP contribution in [0.5, 0.6) is 0 Å². The van der Waals surface area contributed by atoms with Crippen molar-refractivity contribution in [3.63, 3.8) is 0 Å². The first kappa shape index (κ1) is 14.4. The van der Waals surface area contributed by atoms with E-state index in [1.807, 2.05) is 18.2 Å². The minimum atomic E-state index is 0.766. The molecule has 0 spiro atoms. The van der Waals surface area contributed by atoms with Crippen molar-refractivity contribution < 1.29 is 4.74 Å². The number of benzene rings is 1. The van der Waals surface area contributed by atoms with Crippen molar-refractivity contribution in [1.82, 2.24) is 14.9 Å². The van der Waals surface area contributed by atoms with Crippen LogP contribution >= 0.6 is 11.6 Å². The number of ether oxygens (including phenoxy) is 1. The van der Waals surface area contributed by atoms with Gasteiger partial charge in [-0.3, -0.25) is 4.90 Å². The number of anilines is 2. The maximum Gasteiger partial charge on any atom is 0.127 e. The van der Waals surface area contributed by atoms with E-state index in [0.717, 1.165) is 55.8 Å². The van der Waals surface area contributed by atoms with Crippen LogP contribution in [0.25, 0.3) is 0 Å². The van der Waals surface area contributed by atoms with E-state index in [1.165, 1.54) is 5.56 Å². The summed E-state index contributed by atoms with van der Waals surface area (Å²) in [5.41, 5.74) is 2.28. The van der Waals surface area contributed by atoms with Crippen LogP contribution in [0.1, 0.15) is 5.56 Å². The van der Waals surface area contributed by atoms with Crippen molar-refractivity contribution >= 4 is 23.1 Å². The number of aromatic nitrogens is 2. The number of nitrogens with one attached hydrogen (secondary N) is 2. The average Bonchev–Trinajstić information content (AvgIpc) is 3.01. The van der Waals surface area contributed by atoms with Gasteiger partial charge in [-0.15, -0.1) is 0 Å². The average molecular weight is 307 g/mol. The molecule has 1 aliphatic heterocycles. The minimum Gasteiger partial charge on any atom is -0.379 e. The first-order chi connectivity index (χ1) is 10.3. The topological polar surface area (TPSA) is 53.2 Å². The summed E-state index contributed by atoms with van der Waals surface area (Å²) >= 11 is 6.14. The van der Waals surface area contributed by atoms with E-state index >= 15 is 0 Å². The van der Waals surface area contributed by atoms with Gasteiger partial charge in [0.2, 0.25) is 0 Å². The number of hydrogen-bond acceptors (Lipinski definition) is 4. The summed E-state index contributed by atoms with van der Waals surface area (Å²) in [6.07, 6.45) is 4.38. The highest BCUT2D eigenvalue weighted by Gasteiger charge is 2.12. The van der Waals surface area contributed by atoms with E-state index in [1.54, 1.807) is 12.5 Å². The number of halogens is 1. The molecule has 1 aliphatic rings. The molecule has 21 heavy (non-hydrogen) atoms. The third-order valence-corrected chi connectivity index (χ3v) is 3.87. The van der Waals surface area contributed by atoms with E-state index in [0.29, 0.717) is 0 Å². The van der Waals surface area contributed by atoms with Crippen LogP contribution in [0, 0.1) is 0 Å². The summed E-state index contributed by atoms with van der Waals surface area (Å²) < 4.78 is 5.38. The molecule has 0 atom stereocenters. The zero-order chi connectivity index (χ0) is 14.5. The van der Waals surface area contributed by atoms with E-state index in [-0.39, 0.29) is 0 Å². The molecule has 5 nitrogen and oxygen atoms in total. The summed E-state index contributed by atoms with van der Waals surface area (Å²) in [4.78, 5) is 9.49. The molecule has 1 fully saturated rings. The van der Waals surface area contributed by atoms with Gasteiger partial charge in [0.1, 0.15) is 5.82 Å². The molecular weight excluding hydrogens is 288 g/mol. The van der Waals surface area contributed by atoms with Crippen LogP contribution in [0.4, 0.5) is 11.5 Å². The highest BCUT2D eigenvalue weighted by molar-refractivity contribution is 6.30. The van der Waals surface area contributed by atoms with Gasteiger partial charge >= 0.3 is 0 Å². The number of imidazole rings is 1. The normalized spacial score (nSPS) is 16.0. The molecule has 6 heteroatoms. The lowest BCUT2D eigenvalue weighted by Crippen LogP contribution is -2.37. The highest BCUT2D eigenvalue weighted by atomic mass is 35.5. The number of morpholine rings is 1. The maximum absolute atomic E-state index is 6.14. The van der Waals surface area contributed by atoms with Gasteiger partial charge in [0, 0.05) is 30.3 Å². The molecule has 0 amide bonds. The molecule has 0 unspecified atom stereocenters. The fraction of sp³-hybridized carbons (Fsp3) is 0.400. The molecule has 0 saturated carbocycles. The van der Waals surface area contributed by atoms with Crippen LogP contribution < -0.4 is 5.32 Å². The molecular formula is C15H19ClN4O. The van der Waals surface area contributed by atoms with Crippen LogP contribution in [0.2, 0.25) is 5.02 Å². The van der Waals surface area contributed by atoms with Crippen LogP contribution in [0.15, 0.2) is 30.7 Å². The summed E-state index contributed by atoms with van der Waals surface area (Å²) in [5, 5.41) is 4.11. The first-order valence-electron chi connectivity index (χ1n) is 7.15. The molecule has 1 saturated heterocycles. The third-order valence-electron chi connectivity index (χ3n) is 3.64. The number of rotatable bonds is 5. The van der Waals surface area contributed by atoms with Crippen molar-refractivity contribution in [2.24, 2.45) is 0 Å². The first-order valence-corrected chi connectivity index (χ1v) is 7.53. The summed E-state index contributed by atoms with van der Waals surface area (Å²) in [6.45, 7) is 4.68. The fourth-order valence-corrected chi connectivity index (χ4v) is 2.66. The molecule has 2 N–H and O–H groups in total. The number of H-pyrrole nitrogens is 1. The summed E-state index contributed by atoms with van der Waals surface area (Å²) in [6, 6.07) is 5.94. The van der Waals surface area contributed by atoms with Gasteiger partial charge in [-0.05, 0) is 30.2 Å². The Balaban J connectivity index is 1.68. The molecule has 0 radical (unpaired) electrons. The lowest BCUT2D eigenvalue weighted by Gasteiger charge is -2.26. The van der Waals surface area contributed by atoms with Crippen molar-refractivity contribution in [3.8, 4) is 0 Å². The highest BCUT2D eigenvalue weighted by Crippen LogP contribution is 2.24. The molecule has 3 rings (SSSR count). The number of hydrogen-bond donors (Lipinski definition) is 2. The van der Waals surface area contributed by atoms with Gasteiger partial charge in [-0.1, -0.05) is 11.6 Å². The third kappa shape index (κ3) is 3.97. The Bertz CT molecular complexity index is 567. The Morgan fingerprint density at radius 2 is 2.19 bits per heavy atom. The van der Waals surface area contributed by atoms with Crippen molar-refractivity contribution in [3.05, 3.63) is 41.3 Å².